The highest BCUT2D eigenvalue weighted by atomic mass is 32.8. The summed E-state index contributed by atoms with van der Waals surface area (Å²) in [4.78, 5) is 0.0642. The second-order valence-electron chi connectivity index (χ2n) is 2.49. The quantitative estimate of drug-likeness (QED) is 0.854. The third-order valence-electron chi connectivity index (χ3n) is 1.65. The maximum atomic E-state index is 11.3. The summed E-state index contributed by atoms with van der Waals surface area (Å²) >= 11 is 4.46. The maximum absolute atomic E-state index is 11.3. The lowest BCUT2D eigenvalue weighted by Gasteiger charge is -2.08. The molecule has 4 nitrogen and oxygen atoms in total. The summed E-state index contributed by atoms with van der Waals surface area (Å²) in [6.07, 6.45) is 0. The highest BCUT2D eigenvalue weighted by molar-refractivity contribution is 8.29. The smallest absolute Gasteiger partial charge is 0.174 e. The van der Waals surface area contributed by atoms with Crippen LogP contribution >= 0.6 is 0 Å². The van der Waals surface area contributed by atoms with E-state index in [0.717, 1.165) is 0 Å². The molecule has 0 radical (unpaired) electrons. The van der Waals surface area contributed by atoms with Crippen LogP contribution in [0.15, 0.2) is 23.1 Å². The SMILES string of the molecule is COc1ccc(OC)c(S(=O)(O)=S)c1. The van der Waals surface area contributed by atoms with Gasteiger partial charge in [-0.1, -0.05) is 0 Å². The van der Waals surface area contributed by atoms with Crippen molar-refractivity contribution in [2.45, 2.75) is 4.90 Å². The first-order chi connectivity index (χ1) is 6.49. The number of methoxy groups -OCH3 is 2. The van der Waals surface area contributed by atoms with Gasteiger partial charge in [0.15, 0.2) is 8.77 Å². The molecule has 0 aliphatic heterocycles. The van der Waals surface area contributed by atoms with Crippen molar-refractivity contribution in [3.8, 4) is 11.5 Å². The van der Waals surface area contributed by atoms with Crippen LogP contribution in [0.5, 0.6) is 11.5 Å². The van der Waals surface area contributed by atoms with Gasteiger partial charge in [-0.15, -0.1) is 0 Å². The van der Waals surface area contributed by atoms with E-state index in [1.165, 1.54) is 26.4 Å². The van der Waals surface area contributed by atoms with Crippen molar-refractivity contribution in [3.63, 3.8) is 0 Å². The van der Waals surface area contributed by atoms with E-state index >= 15 is 0 Å². The van der Waals surface area contributed by atoms with Crippen LogP contribution in [-0.4, -0.2) is 23.0 Å². The van der Waals surface area contributed by atoms with E-state index in [0.29, 0.717) is 5.75 Å². The number of ether oxygens (including phenoxy) is 2. The molecule has 1 atom stereocenters. The molecule has 0 fully saturated rings. The molecule has 1 unspecified atom stereocenters. The topological polar surface area (TPSA) is 55.8 Å². The molecule has 0 aliphatic carbocycles. The van der Waals surface area contributed by atoms with Crippen LogP contribution in [0.2, 0.25) is 0 Å². The summed E-state index contributed by atoms with van der Waals surface area (Å²) in [5.41, 5.74) is 0. The molecule has 0 saturated carbocycles. The fourth-order valence-electron chi connectivity index (χ4n) is 0.986. The lowest BCUT2D eigenvalue weighted by atomic mass is 10.3. The zero-order valence-electron chi connectivity index (χ0n) is 7.72. The Hall–Kier alpha value is -0.850. The zero-order chi connectivity index (χ0) is 10.8. The Balaban J connectivity index is 3.37. The van der Waals surface area contributed by atoms with Crippen molar-refractivity contribution in [3.05, 3.63) is 18.2 Å². The summed E-state index contributed by atoms with van der Waals surface area (Å²) in [5, 5.41) is 0. The van der Waals surface area contributed by atoms with Crippen LogP contribution in [0.3, 0.4) is 0 Å². The Morgan fingerprint density at radius 1 is 1.36 bits per heavy atom. The average molecular weight is 234 g/mol. The van der Waals surface area contributed by atoms with Crippen molar-refractivity contribution in [2.24, 2.45) is 0 Å². The van der Waals surface area contributed by atoms with Gasteiger partial charge in [-0.2, -0.15) is 0 Å². The van der Waals surface area contributed by atoms with Gasteiger partial charge in [0.2, 0.25) is 0 Å². The van der Waals surface area contributed by atoms with Gasteiger partial charge in [-0.3, -0.25) is 0 Å². The molecule has 0 saturated heterocycles. The summed E-state index contributed by atoms with van der Waals surface area (Å²) in [7, 11) is -0.575. The molecule has 1 rings (SSSR count). The van der Waals surface area contributed by atoms with Crippen LogP contribution in [0.25, 0.3) is 0 Å². The van der Waals surface area contributed by atoms with Gasteiger partial charge in [0.05, 0.1) is 14.2 Å². The molecule has 1 N–H and O–H groups in total. The molecule has 6 heteroatoms. The van der Waals surface area contributed by atoms with Crippen molar-refractivity contribution >= 4 is 20.0 Å². The molecule has 78 valence electrons. The highest BCUT2D eigenvalue weighted by Gasteiger charge is 2.13. The minimum atomic E-state index is -3.45. The van der Waals surface area contributed by atoms with Crippen LogP contribution in [0.1, 0.15) is 0 Å². The summed E-state index contributed by atoms with van der Waals surface area (Å²) in [5.74, 6) is 0.751. The molecular weight excluding hydrogens is 224 g/mol. The van der Waals surface area contributed by atoms with Crippen LogP contribution < -0.4 is 9.47 Å². The van der Waals surface area contributed by atoms with E-state index in [9.17, 15) is 8.76 Å². The summed E-state index contributed by atoms with van der Waals surface area (Å²) in [6, 6.07) is 4.56. The number of rotatable bonds is 3. The van der Waals surface area contributed by atoms with Gasteiger partial charge in [0.25, 0.3) is 0 Å². The minimum Gasteiger partial charge on any atom is -0.497 e. The first kappa shape index (κ1) is 11.2. The first-order valence-electron chi connectivity index (χ1n) is 3.68. The molecule has 14 heavy (non-hydrogen) atoms. The largest absolute Gasteiger partial charge is 0.497 e. The number of hydrogen-bond donors (Lipinski definition) is 1. The van der Waals surface area contributed by atoms with Gasteiger partial charge in [0, 0.05) is 17.3 Å². The molecule has 0 spiro atoms. The normalized spacial score (nSPS) is 14.5. The average Bonchev–Trinajstić information content (AvgIpc) is 2.15. The van der Waals surface area contributed by atoms with Crippen molar-refractivity contribution in [1.82, 2.24) is 0 Å². The first-order valence-corrected chi connectivity index (χ1v) is 6.12. The summed E-state index contributed by atoms with van der Waals surface area (Å²) < 4.78 is 30.3. The lowest BCUT2D eigenvalue weighted by molar-refractivity contribution is 0.391. The number of benzene rings is 1. The minimum absolute atomic E-state index is 0.0642. The van der Waals surface area contributed by atoms with Crippen molar-refractivity contribution in [2.75, 3.05) is 14.2 Å². The third-order valence-corrected chi connectivity index (χ3v) is 3.06. The molecule has 0 aromatic heterocycles. The zero-order valence-corrected chi connectivity index (χ0v) is 9.35. The van der Waals surface area contributed by atoms with Gasteiger partial charge in [0.1, 0.15) is 16.4 Å². The molecular formula is C8H10O4S2. The van der Waals surface area contributed by atoms with Gasteiger partial charge in [-0.25, -0.2) is 4.21 Å². The van der Waals surface area contributed by atoms with Crippen LogP contribution in [0, 0.1) is 0 Å². The van der Waals surface area contributed by atoms with E-state index in [2.05, 4.69) is 11.2 Å². The van der Waals surface area contributed by atoms with E-state index in [-0.39, 0.29) is 10.6 Å². The van der Waals surface area contributed by atoms with Crippen molar-refractivity contribution in [1.29, 1.82) is 0 Å². The molecule has 1 aromatic carbocycles. The Kier molecular flexibility index (Phi) is 3.30. The Labute approximate surface area is 87.3 Å². The van der Waals surface area contributed by atoms with Crippen LogP contribution in [0.4, 0.5) is 0 Å². The van der Waals surface area contributed by atoms with E-state index in [4.69, 9.17) is 9.47 Å². The van der Waals surface area contributed by atoms with E-state index in [1.54, 1.807) is 6.07 Å². The fraction of sp³-hybridized carbons (Fsp3) is 0.250. The second-order valence-corrected chi connectivity index (χ2v) is 5.24. The molecule has 0 heterocycles. The maximum Gasteiger partial charge on any atom is 0.174 e. The van der Waals surface area contributed by atoms with Gasteiger partial charge >= 0.3 is 0 Å². The molecule has 1 aromatic rings. The number of hydrogen-bond acceptors (Lipinski definition) is 4. The molecule has 0 aliphatic rings. The Morgan fingerprint density at radius 2 is 2.00 bits per heavy atom. The molecule has 0 bridgehead atoms. The Morgan fingerprint density at radius 3 is 2.43 bits per heavy atom. The molecule has 0 amide bonds. The predicted molar refractivity (Wildman–Crippen MR) is 55.9 cm³/mol. The standard InChI is InChI=1S/C8H10O4S2/c1-11-6-3-4-7(12-2)8(5-6)14(9,10)13/h3-5H,1-2H3,(H,9,10,13). The third kappa shape index (κ3) is 2.34. The second kappa shape index (κ2) is 4.12. The van der Waals surface area contributed by atoms with Gasteiger partial charge < -0.3 is 14.0 Å². The predicted octanol–water partition coefficient (Wildman–Crippen LogP) is 1.28. The summed E-state index contributed by atoms with van der Waals surface area (Å²) in [6.45, 7) is 0. The monoisotopic (exact) mass is 234 g/mol. The highest BCUT2D eigenvalue weighted by Crippen LogP contribution is 2.27. The van der Waals surface area contributed by atoms with Gasteiger partial charge in [-0.05, 0) is 12.1 Å². The fourth-order valence-corrected chi connectivity index (χ4v) is 2.05. The van der Waals surface area contributed by atoms with E-state index < -0.39 is 8.77 Å². The van der Waals surface area contributed by atoms with Crippen molar-refractivity contribution < 1.29 is 18.2 Å². The Bertz CT molecular complexity index is 425. The van der Waals surface area contributed by atoms with Crippen LogP contribution in [-0.2, 0) is 20.0 Å². The lowest BCUT2D eigenvalue weighted by Crippen LogP contribution is -2.00. The van der Waals surface area contributed by atoms with E-state index in [1.807, 2.05) is 0 Å².